The summed E-state index contributed by atoms with van der Waals surface area (Å²) in [4.78, 5) is 13.8. The molecule has 0 aromatic carbocycles. The first-order valence-corrected chi connectivity index (χ1v) is 7.54. The van der Waals surface area contributed by atoms with E-state index < -0.39 is 5.60 Å². The molecule has 0 aromatic heterocycles. The van der Waals surface area contributed by atoms with Crippen LogP contribution in [0.15, 0.2) is 0 Å². The van der Waals surface area contributed by atoms with Crippen LogP contribution in [0.5, 0.6) is 0 Å². The fourth-order valence-corrected chi connectivity index (χ4v) is 3.14. The molecule has 1 aliphatic carbocycles. The Balaban J connectivity index is 1.72. The van der Waals surface area contributed by atoms with Crippen LogP contribution in [0, 0.1) is 5.41 Å². The Labute approximate surface area is 121 Å². The molecule has 5 heteroatoms. The summed E-state index contributed by atoms with van der Waals surface area (Å²) < 4.78 is 10.9. The van der Waals surface area contributed by atoms with E-state index in [0.29, 0.717) is 18.1 Å². The highest BCUT2D eigenvalue weighted by atomic mass is 16.6. The molecule has 0 radical (unpaired) electrons. The van der Waals surface area contributed by atoms with Crippen molar-refractivity contribution in [2.75, 3.05) is 26.3 Å². The summed E-state index contributed by atoms with van der Waals surface area (Å²) in [5, 5.41) is 8.74. The molecule has 1 N–H and O–H groups in total. The van der Waals surface area contributed by atoms with Gasteiger partial charge in [0.25, 0.3) is 0 Å². The summed E-state index contributed by atoms with van der Waals surface area (Å²) in [5.41, 5.74) is -0.0649. The molecule has 0 unspecified atom stereocenters. The quantitative estimate of drug-likeness (QED) is 0.863. The first kappa shape index (κ1) is 15.6. The van der Waals surface area contributed by atoms with Crippen molar-refractivity contribution in [1.29, 1.82) is 0 Å². The second kappa shape index (κ2) is 5.90. The zero-order chi connectivity index (χ0) is 14.8. The largest absolute Gasteiger partial charge is 0.444 e. The van der Waals surface area contributed by atoms with Gasteiger partial charge in [0.1, 0.15) is 5.60 Å². The second-order valence-corrected chi connectivity index (χ2v) is 7.09. The smallest absolute Gasteiger partial charge is 0.410 e. The number of hydrogen-bond acceptors (Lipinski definition) is 4. The van der Waals surface area contributed by atoms with Crippen LogP contribution in [-0.4, -0.2) is 54.1 Å². The van der Waals surface area contributed by atoms with E-state index in [-0.39, 0.29) is 12.7 Å². The van der Waals surface area contributed by atoms with Gasteiger partial charge >= 0.3 is 6.09 Å². The Hall–Kier alpha value is -0.810. The number of ether oxygens (including phenoxy) is 2. The van der Waals surface area contributed by atoms with E-state index in [1.165, 1.54) is 0 Å². The zero-order valence-corrected chi connectivity index (χ0v) is 12.9. The van der Waals surface area contributed by atoms with E-state index in [1.54, 1.807) is 0 Å². The van der Waals surface area contributed by atoms with Crippen molar-refractivity contribution in [3.63, 3.8) is 0 Å². The van der Waals surface area contributed by atoms with Crippen LogP contribution in [0.1, 0.15) is 46.5 Å². The van der Waals surface area contributed by atoms with Gasteiger partial charge in [0, 0.05) is 13.1 Å². The molecule has 2 fully saturated rings. The molecule has 1 aliphatic heterocycles. The monoisotopic (exact) mass is 285 g/mol. The molecule has 20 heavy (non-hydrogen) atoms. The summed E-state index contributed by atoms with van der Waals surface area (Å²) in [6.45, 7) is 7.77. The molecule has 5 nitrogen and oxygen atoms in total. The van der Waals surface area contributed by atoms with Gasteiger partial charge < -0.3 is 19.5 Å². The number of aliphatic hydroxyl groups excluding tert-OH is 1. The predicted molar refractivity (Wildman–Crippen MR) is 75.5 cm³/mol. The molecule has 116 valence electrons. The number of carbonyl (C=O) groups is 1. The van der Waals surface area contributed by atoms with Gasteiger partial charge in [0.15, 0.2) is 0 Å². The van der Waals surface area contributed by atoms with Crippen molar-refractivity contribution < 1.29 is 19.4 Å². The maximum Gasteiger partial charge on any atom is 0.410 e. The van der Waals surface area contributed by atoms with Crippen molar-refractivity contribution in [1.82, 2.24) is 4.90 Å². The van der Waals surface area contributed by atoms with Crippen LogP contribution < -0.4 is 0 Å². The lowest BCUT2D eigenvalue weighted by Crippen LogP contribution is -2.51. The van der Waals surface area contributed by atoms with E-state index in [1.807, 2.05) is 25.7 Å². The van der Waals surface area contributed by atoms with Gasteiger partial charge in [0.2, 0.25) is 0 Å². The lowest BCUT2D eigenvalue weighted by atomic mass is 9.61. The molecule has 0 aromatic rings. The minimum atomic E-state index is -0.425. The third-order valence-electron chi connectivity index (χ3n) is 4.24. The number of amides is 1. The summed E-state index contributed by atoms with van der Waals surface area (Å²) in [7, 11) is 0. The minimum absolute atomic E-state index is 0.0932. The SMILES string of the molecule is CC(C)(C)OC(=O)N1CCC2(CC1)CC(OCCO)C2. The maximum atomic E-state index is 12.0. The highest BCUT2D eigenvalue weighted by Gasteiger charge is 2.47. The van der Waals surface area contributed by atoms with Gasteiger partial charge in [-0.2, -0.15) is 0 Å². The number of aliphatic hydroxyl groups is 1. The van der Waals surface area contributed by atoms with Crippen molar-refractivity contribution in [3.05, 3.63) is 0 Å². The highest BCUT2D eigenvalue weighted by molar-refractivity contribution is 5.68. The Morgan fingerprint density at radius 2 is 1.90 bits per heavy atom. The number of hydrogen-bond donors (Lipinski definition) is 1. The number of rotatable bonds is 3. The van der Waals surface area contributed by atoms with E-state index in [2.05, 4.69) is 0 Å². The molecular weight excluding hydrogens is 258 g/mol. The van der Waals surface area contributed by atoms with Crippen LogP contribution in [-0.2, 0) is 9.47 Å². The van der Waals surface area contributed by atoms with Crippen molar-refractivity contribution in [2.45, 2.75) is 58.2 Å². The topological polar surface area (TPSA) is 59.0 Å². The van der Waals surface area contributed by atoms with Gasteiger partial charge in [-0.1, -0.05) is 0 Å². The number of nitrogens with zero attached hydrogens (tertiary/aromatic N) is 1. The normalized spacial score (nSPS) is 22.7. The zero-order valence-electron chi connectivity index (χ0n) is 12.9. The number of likely N-dealkylation sites (tertiary alicyclic amines) is 1. The van der Waals surface area contributed by atoms with Crippen molar-refractivity contribution in [3.8, 4) is 0 Å². The Morgan fingerprint density at radius 1 is 1.30 bits per heavy atom. The summed E-state index contributed by atoms with van der Waals surface area (Å²) in [6.07, 6.45) is 4.30. The molecule has 1 saturated heterocycles. The standard InChI is InChI=1S/C15H27NO4/c1-14(2,3)20-13(18)16-6-4-15(5-7-16)10-12(11-15)19-9-8-17/h12,17H,4-11H2,1-3H3. The predicted octanol–water partition coefficient (Wildman–Crippen LogP) is 2.17. The maximum absolute atomic E-state index is 12.0. The van der Waals surface area contributed by atoms with Crippen LogP contribution in [0.2, 0.25) is 0 Å². The number of piperidine rings is 1. The molecule has 0 atom stereocenters. The molecule has 2 aliphatic rings. The summed E-state index contributed by atoms with van der Waals surface area (Å²) in [5.74, 6) is 0. The van der Waals surface area contributed by atoms with Crippen LogP contribution in [0.4, 0.5) is 4.79 Å². The highest BCUT2D eigenvalue weighted by Crippen LogP contribution is 2.50. The van der Waals surface area contributed by atoms with Gasteiger partial charge in [-0.05, 0) is 51.9 Å². The van der Waals surface area contributed by atoms with E-state index in [9.17, 15) is 4.79 Å². The van der Waals surface area contributed by atoms with Crippen LogP contribution in [0.25, 0.3) is 0 Å². The fraction of sp³-hybridized carbons (Fsp3) is 0.933. The van der Waals surface area contributed by atoms with Gasteiger partial charge in [-0.3, -0.25) is 0 Å². The summed E-state index contributed by atoms with van der Waals surface area (Å²) in [6, 6.07) is 0. The molecule has 1 heterocycles. The second-order valence-electron chi connectivity index (χ2n) is 7.09. The third kappa shape index (κ3) is 3.85. The van der Waals surface area contributed by atoms with Crippen molar-refractivity contribution in [2.24, 2.45) is 5.41 Å². The molecule has 1 spiro atoms. The Bertz CT molecular complexity index is 334. The Kier molecular flexibility index (Phi) is 4.59. The van der Waals surface area contributed by atoms with Gasteiger partial charge in [-0.25, -0.2) is 4.79 Å². The van der Waals surface area contributed by atoms with Crippen LogP contribution >= 0.6 is 0 Å². The average molecular weight is 285 g/mol. The molecule has 1 saturated carbocycles. The fourth-order valence-electron chi connectivity index (χ4n) is 3.14. The van der Waals surface area contributed by atoms with Gasteiger partial charge in [0.05, 0.1) is 19.3 Å². The molecule has 0 bridgehead atoms. The molecule has 1 amide bonds. The minimum Gasteiger partial charge on any atom is -0.444 e. The first-order valence-electron chi connectivity index (χ1n) is 7.54. The number of carbonyl (C=O) groups excluding carboxylic acids is 1. The summed E-state index contributed by atoms with van der Waals surface area (Å²) >= 11 is 0. The first-order chi connectivity index (χ1) is 9.34. The lowest BCUT2D eigenvalue weighted by molar-refractivity contribution is -0.109. The average Bonchev–Trinajstić information content (AvgIpc) is 2.32. The van der Waals surface area contributed by atoms with E-state index in [0.717, 1.165) is 38.8 Å². The third-order valence-corrected chi connectivity index (χ3v) is 4.24. The van der Waals surface area contributed by atoms with E-state index >= 15 is 0 Å². The van der Waals surface area contributed by atoms with E-state index in [4.69, 9.17) is 14.6 Å². The Morgan fingerprint density at radius 3 is 2.40 bits per heavy atom. The van der Waals surface area contributed by atoms with Crippen LogP contribution in [0.3, 0.4) is 0 Å². The van der Waals surface area contributed by atoms with Gasteiger partial charge in [-0.15, -0.1) is 0 Å². The lowest BCUT2D eigenvalue weighted by Gasteiger charge is -2.51. The van der Waals surface area contributed by atoms with Crippen molar-refractivity contribution >= 4 is 6.09 Å². The molecular formula is C15H27NO4. The molecule has 2 rings (SSSR count).